The van der Waals surface area contributed by atoms with Crippen LogP contribution in [0.5, 0.6) is 0 Å². The van der Waals surface area contributed by atoms with Crippen LogP contribution >= 0.6 is 15.9 Å². The number of hydrazine groups is 1. The highest BCUT2D eigenvalue weighted by Crippen LogP contribution is 2.29. The van der Waals surface area contributed by atoms with Gasteiger partial charge in [-0.15, -0.1) is 0 Å². The standard InChI is InChI=1S/C12H13BrN4/c1-15-12(17-14)16-11-7-6-10(13)8-4-2-3-5-9(8)11/h2-7H,14H2,1H3,(H2,15,16,17). The van der Waals surface area contributed by atoms with Gasteiger partial charge in [0.25, 0.3) is 0 Å². The normalized spacial score (nSPS) is 11.6. The van der Waals surface area contributed by atoms with Crippen LogP contribution in [-0.2, 0) is 0 Å². The predicted molar refractivity (Wildman–Crippen MR) is 76.0 cm³/mol. The Labute approximate surface area is 108 Å². The number of nitrogens with one attached hydrogen (secondary N) is 2. The van der Waals surface area contributed by atoms with Gasteiger partial charge in [0.15, 0.2) is 0 Å². The van der Waals surface area contributed by atoms with Gasteiger partial charge in [-0.05, 0) is 17.5 Å². The Morgan fingerprint density at radius 2 is 1.88 bits per heavy atom. The fourth-order valence-electron chi connectivity index (χ4n) is 1.66. The van der Waals surface area contributed by atoms with Crippen molar-refractivity contribution in [3.63, 3.8) is 0 Å². The molecule has 17 heavy (non-hydrogen) atoms. The number of anilines is 1. The molecule has 0 unspecified atom stereocenters. The molecule has 0 spiro atoms. The minimum Gasteiger partial charge on any atom is -0.325 e. The van der Waals surface area contributed by atoms with E-state index >= 15 is 0 Å². The van der Waals surface area contributed by atoms with Crippen LogP contribution < -0.4 is 16.6 Å². The summed E-state index contributed by atoms with van der Waals surface area (Å²) in [7, 11) is 1.67. The molecular formula is C12H13BrN4. The van der Waals surface area contributed by atoms with Crippen molar-refractivity contribution in [1.82, 2.24) is 5.43 Å². The Kier molecular flexibility index (Phi) is 3.61. The van der Waals surface area contributed by atoms with Gasteiger partial charge >= 0.3 is 0 Å². The van der Waals surface area contributed by atoms with Crippen LogP contribution in [0.2, 0.25) is 0 Å². The van der Waals surface area contributed by atoms with E-state index in [0.717, 1.165) is 20.9 Å². The van der Waals surface area contributed by atoms with Gasteiger partial charge in [-0.2, -0.15) is 0 Å². The summed E-state index contributed by atoms with van der Waals surface area (Å²) in [6.07, 6.45) is 0. The lowest BCUT2D eigenvalue weighted by atomic mass is 10.1. The highest BCUT2D eigenvalue weighted by Gasteiger charge is 2.04. The molecule has 0 atom stereocenters. The SMILES string of the molecule is CN=C(NN)Nc1ccc(Br)c2ccccc12. The van der Waals surface area contributed by atoms with Crippen LogP contribution in [0.25, 0.3) is 10.8 Å². The van der Waals surface area contributed by atoms with Crippen LogP contribution in [0, 0.1) is 0 Å². The van der Waals surface area contributed by atoms with Crippen molar-refractivity contribution >= 4 is 38.3 Å². The lowest BCUT2D eigenvalue weighted by Crippen LogP contribution is -2.36. The molecule has 0 bridgehead atoms. The Morgan fingerprint density at radius 1 is 1.18 bits per heavy atom. The van der Waals surface area contributed by atoms with E-state index in [1.54, 1.807) is 7.05 Å². The van der Waals surface area contributed by atoms with Gasteiger partial charge in [0.1, 0.15) is 0 Å². The maximum atomic E-state index is 5.35. The molecule has 0 saturated heterocycles. The fraction of sp³-hybridized carbons (Fsp3) is 0.0833. The van der Waals surface area contributed by atoms with E-state index in [4.69, 9.17) is 5.84 Å². The number of fused-ring (bicyclic) bond motifs is 1. The Morgan fingerprint density at radius 3 is 2.53 bits per heavy atom. The third kappa shape index (κ3) is 2.40. The van der Waals surface area contributed by atoms with Gasteiger partial charge < -0.3 is 5.32 Å². The first-order chi connectivity index (χ1) is 8.26. The molecule has 0 amide bonds. The molecule has 5 heteroatoms. The number of halogens is 1. The van der Waals surface area contributed by atoms with Gasteiger partial charge in [0, 0.05) is 22.6 Å². The van der Waals surface area contributed by atoms with E-state index < -0.39 is 0 Å². The van der Waals surface area contributed by atoms with E-state index in [0.29, 0.717) is 5.96 Å². The summed E-state index contributed by atoms with van der Waals surface area (Å²) in [5.74, 6) is 5.88. The number of guanidine groups is 1. The van der Waals surface area contributed by atoms with Crippen molar-refractivity contribution < 1.29 is 0 Å². The van der Waals surface area contributed by atoms with Crippen molar-refractivity contribution in [2.75, 3.05) is 12.4 Å². The monoisotopic (exact) mass is 292 g/mol. The maximum absolute atomic E-state index is 5.35. The zero-order chi connectivity index (χ0) is 12.3. The first-order valence-corrected chi connectivity index (χ1v) is 5.93. The van der Waals surface area contributed by atoms with Crippen LogP contribution in [0.3, 0.4) is 0 Å². The van der Waals surface area contributed by atoms with Crippen molar-refractivity contribution in [2.24, 2.45) is 10.8 Å². The smallest absolute Gasteiger partial charge is 0.209 e. The number of rotatable bonds is 1. The number of benzene rings is 2. The summed E-state index contributed by atoms with van der Waals surface area (Å²) >= 11 is 3.53. The predicted octanol–water partition coefficient (Wildman–Crippen LogP) is 2.46. The average Bonchev–Trinajstić information content (AvgIpc) is 2.38. The third-order valence-corrected chi connectivity index (χ3v) is 3.18. The summed E-state index contributed by atoms with van der Waals surface area (Å²) in [6.45, 7) is 0. The summed E-state index contributed by atoms with van der Waals surface area (Å²) < 4.78 is 1.06. The van der Waals surface area contributed by atoms with Crippen molar-refractivity contribution in [2.45, 2.75) is 0 Å². The van der Waals surface area contributed by atoms with E-state index in [1.165, 1.54) is 0 Å². The quantitative estimate of drug-likeness (QED) is 0.327. The maximum Gasteiger partial charge on any atom is 0.209 e. The second kappa shape index (κ2) is 5.16. The molecule has 0 heterocycles. The molecule has 0 fully saturated rings. The van der Waals surface area contributed by atoms with E-state index in [1.807, 2.05) is 30.3 Å². The average molecular weight is 293 g/mol. The van der Waals surface area contributed by atoms with Crippen molar-refractivity contribution in [3.05, 3.63) is 40.9 Å². The highest BCUT2D eigenvalue weighted by molar-refractivity contribution is 9.10. The first-order valence-electron chi connectivity index (χ1n) is 5.14. The molecule has 2 aromatic carbocycles. The summed E-state index contributed by atoms with van der Waals surface area (Å²) in [5.41, 5.74) is 3.47. The second-order valence-corrected chi connectivity index (χ2v) is 4.34. The van der Waals surface area contributed by atoms with Gasteiger partial charge in [0.2, 0.25) is 5.96 Å². The van der Waals surface area contributed by atoms with Crippen LogP contribution in [0.15, 0.2) is 45.9 Å². The third-order valence-electron chi connectivity index (χ3n) is 2.48. The molecular weight excluding hydrogens is 280 g/mol. The van der Waals surface area contributed by atoms with E-state index in [2.05, 4.69) is 37.7 Å². The molecule has 4 N–H and O–H groups in total. The van der Waals surface area contributed by atoms with Gasteiger partial charge in [-0.3, -0.25) is 10.4 Å². The first kappa shape index (κ1) is 11.9. The number of nitrogens with zero attached hydrogens (tertiary/aromatic N) is 1. The summed E-state index contributed by atoms with van der Waals surface area (Å²) in [6, 6.07) is 12.1. The van der Waals surface area contributed by atoms with Gasteiger partial charge in [0.05, 0.1) is 0 Å². The fourth-order valence-corrected chi connectivity index (χ4v) is 2.13. The molecule has 4 nitrogen and oxygen atoms in total. The van der Waals surface area contributed by atoms with Crippen molar-refractivity contribution in [3.8, 4) is 0 Å². The molecule has 0 aliphatic carbocycles. The minimum atomic E-state index is 0.525. The Balaban J connectivity index is 2.52. The minimum absolute atomic E-state index is 0.525. The number of aliphatic imine (C=N–C) groups is 1. The van der Waals surface area contributed by atoms with Gasteiger partial charge in [-0.25, -0.2) is 5.84 Å². The molecule has 0 aromatic heterocycles. The Hall–Kier alpha value is -1.59. The molecule has 0 saturated carbocycles. The second-order valence-electron chi connectivity index (χ2n) is 3.48. The number of hydrogen-bond acceptors (Lipinski definition) is 2. The highest BCUT2D eigenvalue weighted by atomic mass is 79.9. The molecule has 0 radical (unpaired) electrons. The zero-order valence-corrected chi connectivity index (χ0v) is 11.0. The van der Waals surface area contributed by atoms with Crippen molar-refractivity contribution in [1.29, 1.82) is 0 Å². The topological polar surface area (TPSA) is 62.4 Å². The largest absolute Gasteiger partial charge is 0.325 e. The van der Waals surface area contributed by atoms with Crippen LogP contribution in [0.1, 0.15) is 0 Å². The lowest BCUT2D eigenvalue weighted by Gasteiger charge is -2.11. The summed E-state index contributed by atoms with van der Waals surface area (Å²) in [5, 5.41) is 5.39. The molecule has 0 aliphatic heterocycles. The van der Waals surface area contributed by atoms with E-state index in [9.17, 15) is 0 Å². The van der Waals surface area contributed by atoms with Crippen LogP contribution in [0.4, 0.5) is 5.69 Å². The molecule has 2 aromatic rings. The zero-order valence-electron chi connectivity index (χ0n) is 9.37. The number of nitrogens with two attached hydrogens (primary N) is 1. The van der Waals surface area contributed by atoms with E-state index in [-0.39, 0.29) is 0 Å². The van der Waals surface area contributed by atoms with Gasteiger partial charge in [-0.1, -0.05) is 40.2 Å². The molecule has 0 aliphatic rings. The molecule has 2 rings (SSSR count). The number of hydrogen-bond donors (Lipinski definition) is 3. The van der Waals surface area contributed by atoms with Crippen LogP contribution in [-0.4, -0.2) is 13.0 Å². The summed E-state index contributed by atoms with van der Waals surface area (Å²) in [4.78, 5) is 3.99. The Bertz CT molecular complexity index is 565. The lowest BCUT2D eigenvalue weighted by molar-refractivity contribution is 1.01. The molecule has 88 valence electrons.